The molecule has 1 atom stereocenters. The van der Waals surface area contributed by atoms with E-state index in [0.717, 1.165) is 42.4 Å². The van der Waals surface area contributed by atoms with E-state index < -0.39 is 0 Å². The summed E-state index contributed by atoms with van der Waals surface area (Å²) >= 11 is 3.45. The van der Waals surface area contributed by atoms with E-state index in [0.29, 0.717) is 0 Å². The lowest BCUT2D eigenvalue weighted by atomic mass is 9.94. The number of benzene rings is 1. The van der Waals surface area contributed by atoms with Gasteiger partial charge in [-0.1, -0.05) is 28.1 Å². The highest BCUT2D eigenvalue weighted by atomic mass is 79.9. The summed E-state index contributed by atoms with van der Waals surface area (Å²) in [7, 11) is 0. The normalized spacial score (nSPS) is 22.8. The van der Waals surface area contributed by atoms with Crippen LogP contribution in [-0.2, 0) is 10.2 Å². The number of carbonyl (C=O) groups excluding carboxylic acids is 1. The molecule has 1 aliphatic heterocycles. The molecule has 1 saturated carbocycles. The number of carbonyl (C=O) groups is 1. The molecule has 0 spiro atoms. The molecule has 1 saturated heterocycles. The minimum absolute atomic E-state index is 0.257. The van der Waals surface area contributed by atoms with E-state index in [9.17, 15) is 4.79 Å². The Bertz CT molecular complexity index is 679. The maximum atomic E-state index is 13.0. The van der Waals surface area contributed by atoms with Gasteiger partial charge in [-0.25, -0.2) is 9.67 Å². The van der Waals surface area contributed by atoms with E-state index in [1.54, 1.807) is 12.7 Å². The van der Waals surface area contributed by atoms with Crippen molar-refractivity contribution in [3.63, 3.8) is 0 Å². The second kappa shape index (κ2) is 5.19. The molecule has 6 heteroatoms. The number of hydrogen-bond donors (Lipinski definition) is 0. The van der Waals surface area contributed by atoms with Crippen LogP contribution in [0.15, 0.2) is 41.4 Å². The first-order chi connectivity index (χ1) is 10.7. The lowest BCUT2D eigenvalue weighted by molar-refractivity contribution is -0.133. The predicted octanol–water partition coefficient (Wildman–Crippen LogP) is 2.55. The average Bonchev–Trinajstić information content (AvgIpc) is 2.97. The number of amides is 1. The number of hydrogen-bond acceptors (Lipinski definition) is 3. The zero-order valence-electron chi connectivity index (χ0n) is 12.2. The van der Waals surface area contributed by atoms with Crippen LogP contribution >= 0.6 is 15.9 Å². The van der Waals surface area contributed by atoms with Gasteiger partial charge in [0.25, 0.3) is 0 Å². The maximum absolute atomic E-state index is 13.0. The second-order valence-electron chi connectivity index (χ2n) is 6.16. The zero-order valence-corrected chi connectivity index (χ0v) is 13.7. The Labute approximate surface area is 137 Å². The standard InChI is InChI=1S/C16H17BrN4O/c17-13-3-1-12(2-4-13)16(6-7-16)15(22)20-8-5-14(9-20)21-11-18-10-19-21/h1-4,10-11,14H,5-9H2. The van der Waals surface area contributed by atoms with E-state index in [1.807, 2.05) is 21.7 Å². The molecule has 1 aromatic heterocycles. The van der Waals surface area contributed by atoms with Crippen molar-refractivity contribution in [2.45, 2.75) is 30.7 Å². The Morgan fingerprint density at radius 3 is 2.68 bits per heavy atom. The van der Waals surface area contributed by atoms with Crippen LogP contribution in [-0.4, -0.2) is 38.7 Å². The van der Waals surface area contributed by atoms with Crippen LogP contribution in [0.5, 0.6) is 0 Å². The molecule has 4 rings (SSSR count). The van der Waals surface area contributed by atoms with E-state index >= 15 is 0 Å². The molecule has 0 N–H and O–H groups in total. The summed E-state index contributed by atoms with van der Waals surface area (Å²) in [6.07, 6.45) is 6.15. The fourth-order valence-corrected chi connectivity index (χ4v) is 3.64. The summed E-state index contributed by atoms with van der Waals surface area (Å²) in [6.45, 7) is 1.54. The Hall–Kier alpha value is -1.69. The molecule has 114 valence electrons. The third kappa shape index (κ3) is 2.26. The van der Waals surface area contributed by atoms with E-state index in [4.69, 9.17) is 0 Å². The second-order valence-corrected chi connectivity index (χ2v) is 7.07. The minimum atomic E-state index is -0.280. The molecule has 2 fully saturated rings. The van der Waals surface area contributed by atoms with Gasteiger partial charge in [0, 0.05) is 17.6 Å². The van der Waals surface area contributed by atoms with Crippen molar-refractivity contribution in [1.29, 1.82) is 0 Å². The van der Waals surface area contributed by atoms with Crippen LogP contribution in [0.2, 0.25) is 0 Å². The van der Waals surface area contributed by atoms with Crippen molar-refractivity contribution in [3.8, 4) is 0 Å². The van der Waals surface area contributed by atoms with Gasteiger partial charge in [-0.3, -0.25) is 4.79 Å². The quantitative estimate of drug-likeness (QED) is 0.844. The molecule has 1 aliphatic carbocycles. The fourth-order valence-electron chi connectivity index (χ4n) is 3.37. The molecular weight excluding hydrogens is 344 g/mol. The van der Waals surface area contributed by atoms with Crippen molar-refractivity contribution in [1.82, 2.24) is 19.7 Å². The lowest BCUT2D eigenvalue weighted by Crippen LogP contribution is -2.38. The Morgan fingerprint density at radius 2 is 2.05 bits per heavy atom. The van der Waals surface area contributed by atoms with Crippen LogP contribution in [0, 0.1) is 0 Å². The topological polar surface area (TPSA) is 51.0 Å². The molecule has 0 radical (unpaired) electrons. The molecule has 2 aromatic rings. The molecule has 22 heavy (non-hydrogen) atoms. The molecule has 1 aromatic carbocycles. The third-order valence-corrected chi connectivity index (χ3v) is 5.35. The maximum Gasteiger partial charge on any atom is 0.233 e. The molecule has 2 heterocycles. The monoisotopic (exact) mass is 360 g/mol. The average molecular weight is 361 g/mol. The highest BCUT2D eigenvalue weighted by molar-refractivity contribution is 9.10. The molecule has 0 bridgehead atoms. The van der Waals surface area contributed by atoms with Gasteiger partial charge in [-0.15, -0.1) is 0 Å². The summed E-state index contributed by atoms with van der Waals surface area (Å²) in [5.74, 6) is 0.275. The van der Waals surface area contributed by atoms with Gasteiger partial charge in [-0.2, -0.15) is 5.10 Å². The lowest BCUT2D eigenvalue weighted by Gasteiger charge is -2.23. The van der Waals surface area contributed by atoms with Gasteiger partial charge in [-0.05, 0) is 37.0 Å². The highest BCUT2D eigenvalue weighted by Gasteiger charge is 2.53. The van der Waals surface area contributed by atoms with Gasteiger partial charge in [0.2, 0.25) is 5.91 Å². The Kier molecular flexibility index (Phi) is 3.29. The van der Waals surface area contributed by atoms with Crippen LogP contribution in [0.1, 0.15) is 30.9 Å². The van der Waals surface area contributed by atoms with Crippen LogP contribution in [0.4, 0.5) is 0 Å². The Morgan fingerprint density at radius 1 is 1.27 bits per heavy atom. The largest absolute Gasteiger partial charge is 0.340 e. The fraction of sp³-hybridized carbons (Fsp3) is 0.438. The van der Waals surface area contributed by atoms with E-state index in [2.05, 4.69) is 38.1 Å². The van der Waals surface area contributed by atoms with Gasteiger partial charge >= 0.3 is 0 Å². The number of aromatic nitrogens is 3. The van der Waals surface area contributed by atoms with Crippen LogP contribution < -0.4 is 0 Å². The summed E-state index contributed by atoms with van der Waals surface area (Å²) < 4.78 is 2.92. The predicted molar refractivity (Wildman–Crippen MR) is 85.3 cm³/mol. The van der Waals surface area contributed by atoms with E-state index in [1.165, 1.54) is 0 Å². The third-order valence-electron chi connectivity index (χ3n) is 4.82. The van der Waals surface area contributed by atoms with Gasteiger partial charge in [0.05, 0.1) is 11.5 Å². The van der Waals surface area contributed by atoms with Crippen LogP contribution in [0.25, 0.3) is 0 Å². The first kappa shape index (κ1) is 13.9. The van der Waals surface area contributed by atoms with Crippen molar-refractivity contribution >= 4 is 21.8 Å². The molecule has 1 amide bonds. The summed E-state index contributed by atoms with van der Waals surface area (Å²) in [4.78, 5) is 19.0. The summed E-state index contributed by atoms with van der Waals surface area (Å²) in [5.41, 5.74) is 0.864. The van der Waals surface area contributed by atoms with Gasteiger partial charge in [0.1, 0.15) is 12.7 Å². The molecule has 5 nitrogen and oxygen atoms in total. The number of halogens is 1. The van der Waals surface area contributed by atoms with Gasteiger partial charge in [0.15, 0.2) is 0 Å². The number of nitrogens with zero attached hydrogens (tertiary/aromatic N) is 4. The smallest absolute Gasteiger partial charge is 0.233 e. The number of rotatable bonds is 3. The zero-order chi connectivity index (χ0) is 15.2. The summed E-state index contributed by atoms with van der Waals surface area (Å²) in [6, 6.07) is 8.43. The minimum Gasteiger partial charge on any atom is -0.340 e. The van der Waals surface area contributed by atoms with Crippen molar-refractivity contribution in [2.24, 2.45) is 0 Å². The van der Waals surface area contributed by atoms with Crippen molar-refractivity contribution in [2.75, 3.05) is 13.1 Å². The molecular formula is C16H17BrN4O. The summed E-state index contributed by atoms with van der Waals surface area (Å²) in [5, 5.41) is 4.20. The first-order valence-electron chi connectivity index (χ1n) is 7.59. The van der Waals surface area contributed by atoms with E-state index in [-0.39, 0.29) is 17.4 Å². The molecule has 1 unspecified atom stereocenters. The SMILES string of the molecule is O=C(N1CCC(n2cncn2)C1)C1(c2ccc(Br)cc2)CC1. The van der Waals surface area contributed by atoms with Crippen molar-refractivity contribution < 1.29 is 4.79 Å². The highest BCUT2D eigenvalue weighted by Crippen LogP contribution is 2.50. The first-order valence-corrected chi connectivity index (χ1v) is 8.38. The number of likely N-dealkylation sites (tertiary alicyclic amines) is 1. The Balaban J connectivity index is 1.51. The molecule has 2 aliphatic rings. The van der Waals surface area contributed by atoms with Gasteiger partial charge < -0.3 is 4.90 Å². The van der Waals surface area contributed by atoms with Crippen molar-refractivity contribution in [3.05, 3.63) is 47.0 Å². The van der Waals surface area contributed by atoms with Crippen LogP contribution in [0.3, 0.4) is 0 Å².